The van der Waals surface area contributed by atoms with Gasteiger partial charge in [-0.2, -0.15) is 0 Å². The van der Waals surface area contributed by atoms with Gasteiger partial charge in [-0.3, -0.25) is 4.79 Å². The number of hydrogen-bond acceptors (Lipinski definition) is 1. The Morgan fingerprint density at radius 1 is 2.00 bits per heavy atom. The van der Waals surface area contributed by atoms with Gasteiger partial charge in [-0.1, -0.05) is 0 Å². The molecule has 0 aromatic rings. The van der Waals surface area contributed by atoms with Crippen LogP contribution in [0.3, 0.4) is 0 Å². The van der Waals surface area contributed by atoms with E-state index in [0.29, 0.717) is 0 Å². The zero-order valence-corrected chi connectivity index (χ0v) is 2.36. The molecule has 0 saturated heterocycles. The van der Waals surface area contributed by atoms with Crippen LogP contribution in [-0.4, -0.2) is 34.1 Å². The number of rotatable bonds is 0. The van der Waals surface area contributed by atoms with Crippen molar-refractivity contribution < 1.29 is 11.3 Å². The lowest BCUT2D eigenvalue weighted by Crippen LogP contribution is -1.78. The van der Waals surface area contributed by atoms with E-state index in [1.165, 1.54) is 0 Å². The molecular weight excluding hydrogens is 80.3 g/mol. The topological polar surface area (TPSA) is 37.3 Å². The van der Waals surface area contributed by atoms with Crippen LogP contribution in [0.15, 0.2) is 0 Å². The summed E-state index contributed by atoms with van der Waals surface area (Å²) in [4.78, 5) is 9.00. The highest BCUT2D eigenvalue weighted by Crippen LogP contribution is 1.42. The van der Waals surface area contributed by atoms with Crippen LogP contribution in [0, 0.1) is 0 Å². The predicted octanol–water partition coefficient (Wildman–Crippen LogP) is -0.713. The summed E-state index contributed by atoms with van der Waals surface area (Å²) in [5.41, 5.74) is 0. The highest BCUT2D eigenvalue weighted by atomic mass is 24.3. The zero-order chi connectivity index (χ0) is 3.58. The molecule has 0 atom stereocenters. The van der Waals surface area contributed by atoms with Crippen molar-refractivity contribution in [2.24, 2.45) is 0 Å². The Morgan fingerprint density at radius 3 is 2.00 bits per heavy atom. The molecule has 0 amide bonds. The molecule has 0 fully saturated rings. The normalized spacial score (nSPS) is 5.00. The second kappa shape index (κ2) is 4.24. The molecule has 0 aromatic carbocycles. The van der Waals surface area contributed by atoms with E-state index in [1.54, 1.807) is 0 Å². The molecule has 0 aliphatic rings. The third-order valence-electron chi connectivity index (χ3n) is 0. The zero-order valence-electron chi connectivity index (χ0n) is 3.36. The predicted molar refractivity (Wildman–Crippen MR) is 23.0 cm³/mol. The van der Waals surface area contributed by atoms with Crippen LogP contribution < -0.4 is 0 Å². The van der Waals surface area contributed by atoms with E-state index >= 15 is 0 Å². The number of aliphatic carboxylic acids is 1. The van der Waals surface area contributed by atoms with E-state index in [2.05, 4.69) is 0 Å². The number of carboxylic acid groups (broad SMARTS) is 1. The van der Waals surface area contributed by atoms with Gasteiger partial charge in [0.15, 0.2) is 0 Å². The lowest BCUT2D eigenvalue weighted by Gasteiger charge is -1.59. The van der Waals surface area contributed by atoms with Gasteiger partial charge in [0.1, 0.15) is 0 Å². The summed E-state index contributed by atoms with van der Waals surface area (Å²) in [7, 11) is 0. The molecule has 0 spiro atoms. The minimum absolute atomic E-state index is 0. The van der Waals surface area contributed by atoms with Crippen LogP contribution in [0.2, 0.25) is 0 Å². The van der Waals surface area contributed by atoms with Gasteiger partial charge in [-0.25, -0.2) is 0 Å². The van der Waals surface area contributed by atoms with E-state index in [4.69, 9.17) is 9.90 Å². The smallest absolute Gasteiger partial charge is 0.316 e. The first-order valence-electron chi connectivity index (χ1n) is 0.928. The molecule has 29 valence electrons. The van der Waals surface area contributed by atoms with E-state index in [1.807, 2.05) is 0 Å². The Kier molecular flexibility index (Phi) is 7.60. The average molecular weight is 87.4 g/mol. The lowest BCUT2D eigenvalue weighted by atomic mass is 10.9. The minimum Gasteiger partial charge on any atom is -0.481 e. The van der Waals surface area contributed by atoms with E-state index in [0.717, 1.165) is 6.92 Å². The monoisotopic (exact) mass is 87.0 g/mol. The van der Waals surface area contributed by atoms with Crippen molar-refractivity contribution in [3.05, 3.63) is 0 Å². The summed E-state index contributed by atoms with van der Waals surface area (Å²) < 4.78 is 0. The summed E-state index contributed by atoms with van der Waals surface area (Å²) in [6.07, 6.45) is 0. The standard InChI is InChI=1S/C2H4O2.Mg.3H/c1-2(3)4;;;;/h1H3,(H,3,4);;;;. The van der Waals surface area contributed by atoms with Crippen LogP contribution in [0.1, 0.15) is 8.35 Å². The lowest BCUT2D eigenvalue weighted by molar-refractivity contribution is -0.134. The molecule has 0 bridgehead atoms. The van der Waals surface area contributed by atoms with Crippen LogP contribution in [0.25, 0.3) is 0 Å². The summed E-state index contributed by atoms with van der Waals surface area (Å²) >= 11 is 0. The Hall–Kier alpha value is 0.236. The number of hydrogen-bond donors (Lipinski definition) is 1. The van der Waals surface area contributed by atoms with Gasteiger partial charge >= 0.3 is 23.1 Å². The van der Waals surface area contributed by atoms with Gasteiger partial charge in [0.25, 0.3) is 5.97 Å². The van der Waals surface area contributed by atoms with Crippen LogP contribution in [0.5, 0.6) is 0 Å². The minimum atomic E-state index is -0.833. The first-order chi connectivity index (χ1) is 1.73. The Balaban J connectivity index is -0.0000000450. The summed E-state index contributed by atoms with van der Waals surface area (Å²) in [5.74, 6) is -0.833. The second-order valence-electron chi connectivity index (χ2n) is 0.519. The van der Waals surface area contributed by atoms with E-state index < -0.39 is 5.97 Å². The van der Waals surface area contributed by atoms with Gasteiger partial charge in [0.05, 0.1) is 0 Å². The molecule has 0 aliphatic carbocycles. The van der Waals surface area contributed by atoms with Crippen LogP contribution >= 0.6 is 0 Å². The van der Waals surface area contributed by atoms with Crippen molar-refractivity contribution in [1.82, 2.24) is 0 Å². The molecule has 0 unspecified atom stereocenters. The Bertz CT molecular complexity index is 34.5. The molecule has 1 N–H and O–H groups in total. The maximum atomic E-state index is 9.00. The van der Waals surface area contributed by atoms with Gasteiger partial charge in [0.2, 0.25) is 0 Å². The fourth-order valence-electron chi connectivity index (χ4n) is 0. The SMILES string of the molecule is CC(=O)O.[H].[MgH2]. The van der Waals surface area contributed by atoms with E-state index in [9.17, 15) is 0 Å². The van der Waals surface area contributed by atoms with Crippen LogP contribution in [-0.2, 0) is 4.79 Å². The maximum absolute atomic E-state index is 9.00. The Morgan fingerprint density at radius 2 is 2.00 bits per heavy atom. The Labute approximate surface area is 47.8 Å². The second-order valence-corrected chi connectivity index (χ2v) is 0.519. The first kappa shape index (κ1) is 8.97. The highest BCUT2D eigenvalue weighted by molar-refractivity contribution is 5.75. The summed E-state index contributed by atoms with van der Waals surface area (Å²) in [5, 5.41) is 7.42. The molecule has 1 radical (unpaired) electrons. The van der Waals surface area contributed by atoms with Crippen molar-refractivity contribution in [3.63, 3.8) is 0 Å². The molecule has 3 heteroatoms. The molecule has 0 rings (SSSR count). The van der Waals surface area contributed by atoms with Gasteiger partial charge in [-0.05, 0) is 0 Å². The maximum Gasteiger partial charge on any atom is 0.316 e. The molecule has 0 saturated carbocycles. The summed E-state index contributed by atoms with van der Waals surface area (Å²) in [6.45, 7) is 1.08. The van der Waals surface area contributed by atoms with Crippen molar-refractivity contribution in [3.8, 4) is 0 Å². The molecular formula is C2H7MgO2. The van der Waals surface area contributed by atoms with E-state index in [-0.39, 0.29) is 24.5 Å². The van der Waals surface area contributed by atoms with Crippen molar-refractivity contribution in [2.75, 3.05) is 0 Å². The molecule has 2 nitrogen and oxygen atoms in total. The third kappa shape index (κ3) is 380. The third-order valence-corrected chi connectivity index (χ3v) is 0. The van der Waals surface area contributed by atoms with Crippen LogP contribution in [0.4, 0.5) is 0 Å². The van der Waals surface area contributed by atoms with Crippen molar-refractivity contribution >= 4 is 29.0 Å². The fraction of sp³-hybridized carbons (Fsp3) is 0.500. The van der Waals surface area contributed by atoms with Gasteiger partial charge < -0.3 is 5.11 Å². The van der Waals surface area contributed by atoms with Crippen molar-refractivity contribution in [2.45, 2.75) is 6.92 Å². The van der Waals surface area contributed by atoms with Gasteiger partial charge in [-0.15, -0.1) is 0 Å². The molecule has 5 heavy (non-hydrogen) atoms. The quantitative estimate of drug-likeness (QED) is 0.396. The first-order valence-corrected chi connectivity index (χ1v) is 0.928. The molecule has 0 aromatic heterocycles. The average Bonchev–Trinajstić information content (AvgIpc) is 0.811. The molecule has 0 aliphatic heterocycles. The largest absolute Gasteiger partial charge is 0.481 e. The summed E-state index contributed by atoms with van der Waals surface area (Å²) in [6, 6.07) is 0. The number of carbonyl (C=O) groups is 1. The van der Waals surface area contributed by atoms with Gasteiger partial charge in [0, 0.05) is 8.35 Å². The number of carboxylic acids is 1. The highest BCUT2D eigenvalue weighted by Gasteiger charge is 1.65. The fourth-order valence-corrected chi connectivity index (χ4v) is 0. The molecule has 0 heterocycles. The van der Waals surface area contributed by atoms with Crippen molar-refractivity contribution in [1.29, 1.82) is 0 Å².